The molecule has 78 valence electrons. The average molecular weight is 214 g/mol. The van der Waals surface area contributed by atoms with E-state index >= 15 is 0 Å². The third kappa shape index (κ3) is 3.32. The van der Waals surface area contributed by atoms with Crippen molar-refractivity contribution in [1.29, 1.82) is 0 Å². The van der Waals surface area contributed by atoms with Gasteiger partial charge in [0.05, 0.1) is 12.0 Å². The van der Waals surface area contributed by atoms with Crippen molar-refractivity contribution < 1.29 is 12.6 Å². The quantitative estimate of drug-likeness (QED) is 0.559. The molecule has 0 aliphatic carbocycles. The van der Waals surface area contributed by atoms with Crippen LogP contribution in [0.2, 0.25) is 0 Å². The molecular weight excluding hydrogens is 200 g/mol. The molecule has 0 atom stereocenters. The second-order valence-corrected chi connectivity index (χ2v) is 4.15. The van der Waals surface area contributed by atoms with E-state index in [-0.39, 0.29) is 4.90 Å². The van der Waals surface area contributed by atoms with Crippen molar-refractivity contribution in [3.05, 3.63) is 43.0 Å². The van der Waals surface area contributed by atoms with Crippen molar-refractivity contribution in [2.45, 2.75) is 11.8 Å². The molecule has 0 N–H and O–H groups in total. The van der Waals surface area contributed by atoms with Gasteiger partial charge in [0.2, 0.25) is 0 Å². The maximum absolute atomic E-state index is 11.1. The topological polar surface area (TPSA) is 43.4 Å². The molecule has 0 spiro atoms. The van der Waals surface area contributed by atoms with E-state index in [0.29, 0.717) is 0 Å². The number of aryl methyl sites for hydroxylation is 1. The van der Waals surface area contributed by atoms with Crippen molar-refractivity contribution in [3.8, 4) is 0 Å². The van der Waals surface area contributed by atoms with E-state index in [0.717, 1.165) is 12.7 Å². The van der Waals surface area contributed by atoms with E-state index in [9.17, 15) is 8.42 Å². The summed E-state index contributed by atoms with van der Waals surface area (Å²) in [4.78, 5) is 0.190. The molecule has 0 heterocycles. The van der Waals surface area contributed by atoms with Crippen molar-refractivity contribution in [3.63, 3.8) is 0 Å². The molecule has 1 aromatic carbocycles. The first-order valence-electron chi connectivity index (χ1n) is 3.93. The molecule has 4 heteroatoms. The Hall–Kier alpha value is -1.13. The standard InChI is InChI=1S/C8H10O3S.C2H4/c1-7-3-5-8(6-4-7)12(9,10)11-2;1-2/h3-6H,1-2H3;1-2H2. The summed E-state index contributed by atoms with van der Waals surface area (Å²) >= 11 is 0. The fourth-order valence-electron chi connectivity index (χ4n) is 0.801. The molecule has 0 amide bonds. The first kappa shape index (κ1) is 12.9. The normalized spacial score (nSPS) is 10.1. The van der Waals surface area contributed by atoms with Gasteiger partial charge in [-0.15, -0.1) is 13.2 Å². The summed E-state index contributed by atoms with van der Waals surface area (Å²) in [6.07, 6.45) is 0. The predicted molar refractivity (Wildman–Crippen MR) is 56.6 cm³/mol. The molecule has 0 aliphatic rings. The molecular formula is C10H14O3S. The third-order valence-corrected chi connectivity index (χ3v) is 2.82. The summed E-state index contributed by atoms with van der Waals surface area (Å²) in [5.41, 5.74) is 1.02. The minimum atomic E-state index is -3.51. The SMILES string of the molecule is C=C.COS(=O)(=O)c1ccc(C)cc1. The van der Waals surface area contributed by atoms with Gasteiger partial charge in [0.15, 0.2) is 0 Å². The Kier molecular flexibility index (Phi) is 5.12. The summed E-state index contributed by atoms with van der Waals surface area (Å²) in [5.74, 6) is 0. The van der Waals surface area contributed by atoms with Crippen LogP contribution in [0.15, 0.2) is 42.3 Å². The summed E-state index contributed by atoms with van der Waals surface area (Å²) in [7, 11) is -2.37. The van der Waals surface area contributed by atoms with E-state index in [1.807, 2.05) is 6.92 Å². The molecule has 0 unspecified atom stereocenters. The highest BCUT2D eigenvalue weighted by Crippen LogP contribution is 2.11. The van der Waals surface area contributed by atoms with E-state index in [1.165, 1.54) is 12.1 Å². The van der Waals surface area contributed by atoms with Crippen LogP contribution in [0.25, 0.3) is 0 Å². The highest BCUT2D eigenvalue weighted by atomic mass is 32.2. The maximum atomic E-state index is 11.1. The molecule has 0 aromatic heterocycles. The van der Waals surface area contributed by atoms with Crippen LogP contribution in [0.4, 0.5) is 0 Å². The first-order valence-corrected chi connectivity index (χ1v) is 5.34. The summed E-state index contributed by atoms with van der Waals surface area (Å²) in [6, 6.07) is 6.50. The lowest BCUT2D eigenvalue weighted by molar-refractivity contribution is 0.398. The smallest absolute Gasteiger partial charge is 0.270 e. The largest absolute Gasteiger partial charge is 0.296 e. The van der Waals surface area contributed by atoms with E-state index < -0.39 is 10.1 Å². The van der Waals surface area contributed by atoms with Crippen LogP contribution in [0.3, 0.4) is 0 Å². The third-order valence-electron chi connectivity index (χ3n) is 1.53. The monoisotopic (exact) mass is 214 g/mol. The molecule has 1 rings (SSSR count). The first-order chi connectivity index (χ1) is 6.56. The van der Waals surface area contributed by atoms with Gasteiger partial charge in [0, 0.05) is 0 Å². The van der Waals surface area contributed by atoms with Crippen molar-refractivity contribution >= 4 is 10.1 Å². The van der Waals surface area contributed by atoms with Crippen molar-refractivity contribution in [1.82, 2.24) is 0 Å². The Morgan fingerprint density at radius 1 is 1.14 bits per heavy atom. The Labute approximate surface area is 85.2 Å². The van der Waals surface area contributed by atoms with Crippen LogP contribution in [0, 0.1) is 6.92 Å². The number of rotatable bonds is 2. The van der Waals surface area contributed by atoms with Gasteiger partial charge < -0.3 is 0 Å². The zero-order valence-corrected chi connectivity index (χ0v) is 9.17. The van der Waals surface area contributed by atoms with Crippen LogP contribution < -0.4 is 0 Å². The number of hydrogen-bond donors (Lipinski definition) is 0. The average Bonchev–Trinajstić information content (AvgIpc) is 2.21. The predicted octanol–water partition coefficient (Wildman–Crippen LogP) is 2.13. The molecule has 0 bridgehead atoms. The summed E-state index contributed by atoms with van der Waals surface area (Å²) in [5, 5.41) is 0. The minimum Gasteiger partial charge on any atom is -0.270 e. The van der Waals surface area contributed by atoms with Gasteiger partial charge in [-0.3, -0.25) is 4.18 Å². The van der Waals surface area contributed by atoms with Gasteiger partial charge in [0.25, 0.3) is 10.1 Å². The molecule has 14 heavy (non-hydrogen) atoms. The lowest BCUT2D eigenvalue weighted by Crippen LogP contribution is -2.02. The van der Waals surface area contributed by atoms with Crippen molar-refractivity contribution in [2.75, 3.05) is 7.11 Å². The molecule has 0 saturated carbocycles. The lowest BCUT2D eigenvalue weighted by Gasteiger charge is -2.00. The number of benzene rings is 1. The highest BCUT2D eigenvalue weighted by molar-refractivity contribution is 7.86. The van der Waals surface area contributed by atoms with Crippen LogP contribution >= 0.6 is 0 Å². The zero-order chi connectivity index (χ0) is 11.2. The lowest BCUT2D eigenvalue weighted by atomic mass is 10.2. The molecule has 1 aromatic rings. The van der Waals surface area contributed by atoms with Crippen LogP contribution in [0.1, 0.15) is 5.56 Å². The van der Waals surface area contributed by atoms with Gasteiger partial charge >= 0.3 is 0 Å². The number of hydrogen-bond acceptors (Lipinski definition) is 3. The van der Waals surface area contributed by atoms with Crippen LogP contribution in [-0.4, -0.2) is 15.5 Å². The highest BCUT2D eigenvalue weighted by Gasteiger charge is 2.10. The summed E-state index contributed by atoms with van der Waals surface area (Å²) in [6.45, 7) is 7.89. The van der Waals surface area contributed by atoms with E-state index in [1.54, 1.807) is 12.1 Å². The molecule has 0 aliphatic heterocycles. The van der Waals surface area contributed by atoms with Crippen molar-refractivity contribution in [2.24, 2.45) is 0 Å². The maximum Gasteiger partial charge on any atom is 0.296 e. The Morgan fingerprint density at radius 3 is 1.93 bits per heavy atom. The van der Waals surface area contributed by atoms with Crippen LogP contribution in [0.5, 0.6) is 0 Å². The Bertz CT molecular complexity index is 365. The molecule has 0 fully saturated rings. The van der Waals surface area contributed by atoms with Gasteiger partial charge in [-0.1, -0.05) is 17.7 Å². The fraction of sp³-hybridized carbons (Fsp3) is 0.200. The second kappa shape index (κ2) is 5.57. The molecule has 0 saturated heterocycles. The van der Waals surface area contributed by atoms with E-state index in [2.05, 4.69) is 17.3 Å². The molecule has 0 radical (unpaired) electrons. The minimum absolute atomic E-state index is 0.190. The Balaban J connectivity index is 0.000000791. The van der Waals surface area contributed by atoms with Gasteiger partial charge in [-0.25, -0.2) is 0 Å². The molecule has 3 nitrogen and oxygen atoms in total. The van der Waals surface area contributed by atoms with Gasteiger partial charge in [-0.05, 0) is 19.1 Å². The second-order valence-electron chi connectivity index (χ2n) is 2.43. The Morgan fingerprint density at radius 2 is 1.57 bits per heavy atom. The van der Waals surface area contributed by atoms with Gasteiger partial charge in [-0.2, -0.15) is 8.42 Å². The van der Waals surface area contributed by atoms with Crippen LogP contribution in [-0.2, 0) is 14.3 Å². The van der Waals surface area contributed by atoms with E-state index in [4.69, 9.17) is 0 Å². The van der Waals surface area contributed by atoms with Gasteiger partial charge in [0.1, 0.15) is 0 Å². The zero-order valence-electron chi connectivity index (χ0n) is 8.36. The fourth-order valence-corrected chi connectivity index (χ4v) is 1.46. The summed E-state index contributed by atoms with van der Waals surface area (Å²) < 4.78 is 26.5.